The minimum Gasteiger partial charge on any atom is -0.744 e. The number of rotatable bonds is 1. The van der Waals surface area contributed by atoms with E-state index >= 15 is 0 Å². The number of hydrogen-bond acceptors (Lipinski definition) is 4. The van der Waals surface area contributed by atoms with Crippen molar-refractivity contribution in [2.24, 2.45) is 0 Å². The first kappa shape index (κ1) is 17.9. The summed E-state index contributed by atoms with van der Waals surface area (Å²) in [4.78, 5) is -0.0851. The lowest BCUT2D eigenvalue weighted by atomic mass is 10.1. The maximum atomic E-state index is 10.8. The monoisotopic (exact) mass is 420 g/mol. The Bertz CT molecular complexity index is 705. The van der Waals surface area contributed by atoms with E-state index in [-0.39, 0.29) is 4.90 Å². The van der Waals surface area contributed by atoms with Gasteiger partial charge in [-0.2, -0.15) is 0 Å². The van der Waals surface area contributed by atoms with E-state index in [0.717, 1.165) is 9.13 Å². The molecule has 2 aromatic rings. The second-order valence-electron chi connectivity index (χ2n) is 4.65. The Morgan fingerprint density at radius 3 is 2.05 bits per heavy atom. The number of nitrogen functional groups attached to an aromatic ring is 1. The van der Waals surface area contributed by atoms with Crippen molar-refractivity contribution >= 4 is 32.7 Å². The normalized spacial score (nSPS) is 10.7. The molecule has 0 unspecified atom stereocenters. The molecule has 2 rings (SSSR count). The third-order valence-corrected chi connectivity index (χ3v) is 4.42. The van der Waals surface area contributed by atoms with E-state index in [1.807, 2.05) is 25.3 Å². The first-order valence-electron chi connectivity index (χ1n) is 6.07. The summed E-state index contributed by atoms with van der Waals surface area (Å²) in [6.45, 7) is 5.12. The SMILES string of the molecule is Cc1cc(C)c(S(=O)(=O)[O-])c(C)c1.N[n+]1cccc(I)c1. The average Bonchev–Trinajstić information content (AvgIpc) is 2.25. The Labute approximate surface area is 138 Å². The van der Waals surface area contributed by atoms with Crippen molar-refractivity contribution in [1.29, 1.82) is 0 Å². The number of aromatic nitrogens is 1. The van der Waals surface area contributed by atoms with Crippen molar-refractivity contribution in [2.75, 3.05) is 5.84 Å². The van der Waals surface area contributed by atoms with Gasteiger partial charge in [-0.15, -0.1) is 0 Å². The molecule has 0 saturated heterocycles. The van der Waals surface area contributed by atoms with Crippen LogP contribution in [0, 0.1) is 24.3 Å². The molecule has 5 nitrogen and oxygen atoms in total. The third kappa shape index (κ3) is 5.60. The van der Waals surface area contributed by atoms with Crippen LogP contribution in [0.15, 0.2) is 41.6 Å². The van der Waals surface area contributed by atoms with Gasteiger partial charge in [0, 0.05) is 6.07 Å². The van der Waals surface area contributed by atoms with Gasteiger partial charge in [0.05, 0.1) is 8.47 Å². The molecular weight excluding hydrogens is 403 g/mol. The molecule has 7 heteroatoms. The highest BCUT2D eigenvalue weighted by molar-refractivity contribution is 14.1. The number of pyridine rings is 1. The van der Waals surface area contributed by atoms with Gasteiger partial charge in [-0.1, -0.05) is 22.4 Å². The predicted octanol–water partition coefficient (Wildman–Crippen LogP) is 1.81. The van der Waals surface area contributed by atoms with Crippen molar-refractivity contribution in [1.82, 2.24) is 0 Å². The van der Waals surface area contributed by atoms with Crippen molar-refractivity contribution in [2.45, 2.75) is 25.7 Å². The summed E-state index contributed by atoms with van der Waals surface area (Å²) in [5, 5.41) is 0. The molecule has 21 heavy (non-hydrogen) atoms. The molecule has 2 N–H and O–H groups in total. The van der Waals surface area contributed by atoms with Crippen LogP contribution in [0.5, 0.6) is 0 Å². The fourth-order valence-corrected chi connectivity index (χ4v) is 3.46. The number of benzene rings is 1. The summed E-state index contributed by atoms with van der Waals surface area (Å²) >= 11 is 2.20. The van der Waals surface area contributed by atoms with Gasteiger partial charge in [-0.25, -0.2) is 14.3 Å². The van der Waals surface area contributed by atoms with Gasteiger partial charge in [0.25, 0.3) is 0 Å². The Morgan fingerprint density at radius 1 is 1.19 bits per heavy atom. The van der Waals surface area contributed by atoms with E-state index in [1.165, 1.54) is 4.68 Å². The zero-order valence-corrected chi connectivity index (χ0v) is 15.0. The molecule has 0 spiro atoms. The van der Waals surface area contributed by atoms with Crippen molar-refractivity contribution in [3.05, 3.63) is 56.9 Å². The van der Waals surface area contributed by atoms with Crippen LogP contribution in [0.1, 0.15) is 16.7 Å². The quantitative estimate of drug-likeness (QED) is 0.330. The van der Waals surface area contributed by atoms with E-state index in [2.05, 4.69) is 22.6 Å². The summed E-state index contributed by atoms with van der Waals surface area (Å²) in [7, 11) is -4.33. The van der Waals surface area contributed by atoms with Crippen LogP contribution in [0.25, 0.3) is 0 Å². The summed E-state index contributed by atoms with van der Waals surface area (Å²) < 4.78 is 35.2. The fraction of sp³-hybridized carbons (Fsp3) is 0.214. The second-order valence-corrected chi connectivity index (χ2v) is 7.21. The Hall–Kier alpha value is -1.19. The minimum atomic E-state index is -4.33. The number of nitrogens with zero attached hydrogens (tertiary/aromatic N) is 1. The predicted molar refractivity (Wildman–Crippen MR) is 88.1 cm³/mol. The zero-order chi connectivity index (χ0) is 16.2. The molecule has 1 aromatic carbocycles. The largest absolute Gasteiger partial charge is 0.744 e. The van der Waals surface area contributed by atoms with Crippen LogP contribution < -0.4 is 10.5 Å². The van der Waals surface area contributed by atoms with E-state index in [9.17, 15) is 13.0 Å². The van der Waals surface area contributed by atoms with Gasteiger partial charge in [-0.05, 0) is 60.6 Å². The number of aryl methyl sites for hydroxylation is 3. The summed E-state index contributed by atoms with van der Waals surface area (Å²) in [6.07, 6.45) is 3.64. The molecule has 0 saturated carbocycles. The molecule has 0 aliphatic heterocycles. The molecule has 0 fully saturated rings. The highest BCUT2D eigenvalue weighted by Crippen LogP contribution is 2.20. The molecule has 1 heterocycles. The van der Waals surface area contributed by atoms with Crippen LogP contribution in [-0.4, -0.2) is 13.0 Å². The lowest BCUT2D eigenvalue weighted by Crippen LogP contribution is -2.43. The highest BCUT2D eigenvalue weighted by Gasteiger charge is 2.09. The molecular formula is C14H17IN2O3S. The fourth-order valence-electron chi connectivity index (χ4n) is 2.02. The van der Waals surface area contributed by atoms with Gasteiger partial charge >= 0.3 is 0 Å². The van der Waals surface area contributed by atoms with E-state index in [4.69, 9.17) is 5.84 Å². The molecule has 0 aliphatic carbocycles. The molecule has 0 aliphatic rings. The summed E-state index contributed by atoms with van der Waals surface area (Å²) in [5.41, 5.74) is 2.00. The third-order valence-electron chi connectivity index (χ3n) is 2.64. The Kier molecular flexibility index (Phi) is 6.11. The zero-order valence-electron chi connectivity index (χ0n) is 12.0. The molecule has 0 amide bonds. The maximum absolute atomic E-state index is 10.8. The maximum Gasteiger partial charge on any atom is 0.212 e. The summed E-state index contributed by atoms with van der Waals surface area (Å²) in [5.74, 6) is 5.37. The van der Waals surface area contributed by atoms with Gasteiger partial charge in [-0.3, -0.25) is 0 Å². The lowest BCUT2D eigenvalue weighted by molar-refractivity contribution is -0.639. The van der Waals surface area contributed by atoms with Gasteiger partial charge < -0.3 is 4.55 Å². The van der Waals surface area contributed by atoms with Crippen molar-refractivity contribution in [3.63, 3.8) is 0 Å². The van der Waals surface area contributed by atoms with Crippen LogP contribution in [-0.2, 0) is 10.1 Å². The highest BCUT2D eigenvalue weighted by atomic mass is 127. The van der Waals surface area contributed by atoms with Crippen LogP contribution in [0.2, 0.25) is 0 Å². The average molecular weight is 420 g/mol. The van der Waals surface area contributed by atoms with E-state index in [0.29, 0.717) is 11.1 Å². The van der Waals surface area contributed by atoms with Crippen molar-refractivity contribution < 1.29 is 17.6 Å². The number of hydrogen-bond donors (Lipinski definition) is 1. The minimum absolute atomic E-state index is 0.0851. The Balaban J connectivity index is 0.000000235. The van der Waals surface area contributed by atoms with Gasteiger partial charge in [0.15, 0.2) is 6.20 Å². The smallest absolute Gasteiger partial charge is 0.212 e. The molecule has 0 radical (unpaired) electrons. The second kappa shape index (κ2) is 7.19. The number of halogens is 1. The molecule has 0 atom stereocenters. The Morgan fingerprint density at radius 2 is 1.71 bits per heavy atom. The van der Waals surface area contributed by atoms with Crippen LogP contribution in [0.3, 0.4) is 0 Å². The number of nitrogens with two attached hydrogens (primary N) is 1. The van der Waals surface area contributed by atoms with Gasteiger partial charge in [0.1, 0.15) is 10.1 Å². The first-order valence-corrected chi connectivity index (χ1v) is 8.55. The standard InChI is InChI=1S/C9H12O3S.C5H6IN2/c1-6-4-7(2)9(8(3)5-6)13(10,11)12;6-5-2-1-3-8(7)4-5/h4-5H,1-3H3,(H,10,11,12);1-4H,7H2/q;+1/p-1. The first-order chi connectivity index (χ1) is 9.61. The molecule has 114 valence electrons. The lowest BCUT2D eigenvalue weighted by Gasteiger charge is -2.14. The molecule has 1 aromatic heterocycles. The van der Waals surface area contributed by atoms with E-state index in [1.54, 1.807) is 32.2 Å². The van der Waals surface area contributed by atoms with Crippen LogP contribution in [0.4, 0.5) is 0 Å². The van der Waals surface area contributed by atoms with Gasteiger partial charge in [0.2, 0.25) is 6.20 Å². The molecule has 0 bridgehead atoms. The van der Waals surface area contributed by atoms with Crippen molar-refractivity contribution in [3.8, 4) is 0 Å². The van der Waals surface area contributed by atoms with E-state index < -0.39 is 10.1 Å². The summed E-state index contributed by atoms with van der Waals surface area (Å²) in [6, 6.07) is 7.28. The van der Waals surface area contributed by atoms with Crippen LogP contribution >= 0.6 is 22.6 Å². The topological polar surface area (TPSA) is 87.1 Å².